The number of ether oxygens (including phenoxy) is 2. The maximum atomic E-state index is 12.9. The van der Waals surface area contributed by atoms with Crippen molar-refractivity contribution in [3.8, 4) is 0 Å². The minimum atomic E-state index is -1.85. The van der Waals surface area contributed by atoms with Crippen LogP contribution in [0.2, 0.25) is 18.1 Å². The van der Waals surface area contributed by atoms with E-state index < -0.39 is 8.32 Å². The van der Waals surface area contributed by atoms with Crippen LogP contribution in [-0.2, 0) is 13.9 Å². The summed E-state index contributed by atoms with van der Waals surface area (Å²) in [6.07, 6.45) is -0.920. The van der Waals surface area contributed by atoms with E-state index in [0.717, 1.165) is 5.56 Å². The highest BCUT2D eigenvalue weighted by molar-refractivity contribution is 9.09. The lowest BCUT2D eigenvalue weighted by atomic mass is 9.99. The fraction of sp³-hybridized carbons (Fsp3) is 0.667. The third kappa shape index (κ3) is 4.18. The average molecular weight is 470 g/mol. The van der Waals surface area contributed by atoms with Gasteiger partial charge in [0.1, 0.15) is 6.10 Å². The van der Waals surface area contributed by atoms with Crippen LogP contribution in [0.5, 0.6) is 0 Å². The lowest BCUT2D eigenvalue weighted by Gasteiger charge is -2.42. The fourth-order valence-electron chi connectivity index (χ4n) is 3.42. The first-order chi connectivity index (χ1) is 13.0. The van der Waals surface area contributed by atoms with Gasteiger partial charge in [0.2, 0.25) is 0 Å². The van der Waals surface area contributed by atoms with Gasteiger partial charge in [-0.25, -0.2) is 4.79 Å². The molecule has 5 nitrogen and oxygen atoms in total. The second-order valence-corrected chi connectivity index (χ2v) is 15.3. The maximum Gasteiger partial charge on any atom is 0.412 e. The van der Waals surface area contributed by atoms with Crippen LogP contribution in [0.25, 0.3) is 0 Å². The number of benzene rings is 1. The van der Waals surface area contributed by atoms with Crippen LogP contribution in [0.3, 0.4) is 0 Å². The Morgan fingerprint density at radius 3 is 2.54 bits per heavy atom. The van der Waals surface area contributed by atoms with E-state index in [-0.39, 0.29) is 40.3 Å². The zero-order chi connectivity index (χ0) is 20.7. The number of carbonyl (C=O) groups is 1. The Labute approximate surface area is 178 Å². The Balaban J connectivity index is 1.68. The molecule has 2 aliphatic rings. The van der Waals surface area contributed by atoms with Crippen molar-refractivity contribution in [1.82, 2.24) is 4.90 Å². The van der Waals surface area contributed by atoms with E-state index in [1.54, 1.807) is 4.90 Å². The summed E-state index contributed by atoms with van der Waals surface area (Å²) in [6, 6.07) is 9.86. The normalized spacial score (nSPS) is 29.4. The Morgan fingerprint density at radius 1 is 1.29 bits per heavy atom. The fourth-order valence-corrected chi connectivity index (χ4v) is 5.57. The van der Waals surface area contributed by atoms with Gasteiger partial charge < -0.3 is 13.9 Å². The van der Waals surface area contributed by atoms with E-state index in [1.165, 1.54) is 0 Å². The Bertz CT molecular complexity index is 693. The molecule has 7 heteroatoms. The second-order valence-electron chi connectivity index (χ2n) is 9.40. The third-order valence-corrected chi connectivity index (χ3v) is 11.8. The molecular formula is C21H32BrNO4Si. The van der Waals surface area contributed by atoms with Crippen molar-refractivity contribution in [3.63, 3.8) is 0 Å². The molecule has 0 radical (unpaired) electrons. The molecule has 2 saturated heterocycles. The summed E-state index contributed by atoms with van der Waals surface area (Å²) in [5.41, 5.74) is 1.06. The zero-order valence-corrected chi connectivity index (χ0v) is 20.2. The van der Waals surface area contributed by atoms with Gasteiger partial charge in [-0.2, -0.15) is 0 Å². The number of hydrogen-bond donors (Lipinski definition) is 0. The summed E-state index contributed by atoms with van der Waals surface area (Å²) in [7, 11) is -1.85. The summed E-state index contributed by atoms with van der Waals surface area (Å²) >= 11 is 3.76. The van der Waals surface area contributed by atoms with E-state index in [9.17, 15) is 4.79 Å². The van der Waals surface area contributed by atoms with Crippen LogP contribution in [-0.4, -0.2) is 49.7 Å². The molecule has 2 fully saturated rings. The zero-order valence-electron chi connectivity index (χ0n) is 17.6. The molecule has 0 unspecified atom stereocenters. The molecule has 3 rings (SSSR count). The second kappa shape index (κ2) is 8.09. The van der Waals surface area contributed by atoms with Crippen LogP contribution in [0.4, 0.5) is 4.79 Å². The van der Waals surface area contributed by atoms with Crippen molar-refractivity contribution in [2.24, 2.45) is 5.92 Å². The van der Waals surface area contributed by atoms with Gasteiger partial charge in [0.25, 0.3) is 0 Å². The van der Waals surface area contributed by atoms with Gasteiger partial charge in [0, 0.05) is 12.5 Å². The number of hydrogen-bond acceptors (Lipinski definition) is 4. The molecule has 28 heavy (non-hydrogen) atoms. The quantitative estimate of drug-likeness (QED) is 0.431. The van der Waals surface area contributed by atoms with E-state index in [0.29, 0.717) is 13.2 Å². The number of fused-ring (bicyclic) bond motifs is 1. The Hall–Kier alpha value is -0.893. The van der Waals surface area contributed by atoms with Crippen LogP contribution >= 0.6 is 15.9 Å². The molecular weight excluding hydrogens is 438 g/mol. The van der Waals surface area contributed by atoms with E-state index in [2.05, 4.69) is 56.7 Å². The molecule has 2 aliphatic heterocycles. The predicted octanol–water partition coefficient (Wildman–Crippen LogP) is 5.33. The van der Waals surface area contributed by atoms with Gasteiger partial charge in [-0.15, -0.1) is 0 Å². The number of rotatable bonds is 5. The van der Waals surface area contributed by atoms with Crippen molar-refractivity contribution in [3.05, 3.63) is 35.9 Å². The molecule has 0 aliphatic carbocycles. The smallest absolute Gasteiger partial charge is 0.412 e. The molecule has 0 saturated carbocycles. The summed E-state index contributed by atoms with van der Waals surface area (Å²) < 4.78 is 18.3. The number of halogens is 1. The molecule has 5 atom stereocenters. The molecule has 0 N–H and O–H groups in total. The first-order valence-corrected chi connectivity index (χ1v) is 13.8. The van der Waals surface area contributed by atoms with Crippen LogP contribution < -0.4 is 0 Å². The number of amides is 1. The predicted molar refractivity (Wildman–Crippen MR) is 116 cm³/mol. The van der Waals surface area contributed by atoms with Crippen molar-refractivity contribution in [2.45, 2.75) is 69.0 Å². The van der Waals surface area contributed by atoms with Crippen molar-refractivity contribution in [1.29, 1.82) is 0 Å². The summed E-state index contributed by atoms with van der Waals surface area (Å²) in [4.78, 5) is 14.5. The summed E-state index contributed by atoms with van der Waals surface area (Å²) in [5.74, 6) is 0.0731. The number of cyclic esters (lactones) is 1. The summed E-state index contributed by atoms with van der Waals surface area (Å²) in [5, 5.41) is 0.151. The number of alkyl halides is 1. The van der Waals surface area contributed by atoms with Crippen molar-refractivity contribution >= 4 is 30.3 Å². The SMILES string of the molecule is C[C@H](CO[Si](C)(C)C(C)(C)C)[C@@H]1OC(=O)N2[C@H](OC[C@H]2c2ccccc2)[C@H]1Br. The number of carbonyl (C=O) groups excluding carboxylic acids is 1. The minimum absolute atomic E-state index is 0.0731. The highest BCUT2D eigenvalue weighted by Gasteiger charge is 2.52. The van der Waals surface area contributed by atoms with Gasteiger partial charge in [0.15, 0.2) is 14.5 Å². The van der Waals surface area contributed by atoms with Gasteiger partial charge in [-0.1, -0.05) is 74.0 Å². The maximum absolute atomic E-state index is 12.9. The highest BCUT2D eigenvalue weighted by atomic mass is 79.9. The highest BCUT2D eigenvalue weighted by Crippen LogP contribution is 2.41. The molecule has 2 heterocycles. The minimum Gasteiger partial charge on any atom is -0.444 e. The molecule has 156 valence electrons. The van der Waals surface area contributed by atoms with Gasteiger partial charge in [0.05, 0.1) is 17.5 Å². The molecule has 1 aromatic carbocycles. The Kier molecular flexibility index (Phi) is 6.30. The van der Waals surface area contributed by atoms with Crippen molar-refractivity contribution in [2.75, 3.05) is 13.2 Å². The van der Waals surface area contributed by atoms with E-state index in [4.69, 9.17) is 13.9 Å². The van der Waals surface area contributed by atoms with Gasteiger partial charge in [-0.05, 0) is 23.7 Å². The lowest BCUT2D eigenvalue weighted by molar-refractivity contribution is -0.0715. The van der Waals surface area contributed by atoms with Gasteiger partial charge in [-0.3, -0.25) is 4.90 Å². The standard InChI is InChI=1S/C21H32BrNO4Si/c1-14(12-26-28(5,6)21(2,3)4)18-17(22)19-23(20(24)27-18)16(13-25-19)15-10-8-7-9-11-15/h7-11,14,16-19H,12-13H2,1-6H3/t14-,16+,17+,18+,19-/m1/s1. The molecule has 1 aromatic rings. The van der Waals surface area contributed by atoms with E-state index >= 15 is 0 Å². The third-order valence-electron chi connectivity index (χ3n) is 6.33. The van der Waals surface area contributed by atoms with Crippen LogP contribution in [0.1, 0.15) is 39.3 Å². The van der Waals surface area contributed by atoms with Crippen LogP contribution in [0, 0.1) is 5.92 Å². The largest absolute Gasteiger partial charge is 0.444 e. The van der Waals surface area contributed by atoms with Gasteiger partial charge >= 0.3 is 6.09 Å². The molecule has 0 bridgehead atoms. The lowest BCUT2D eigenvalue weighted by Crippen LogP contribution is -2.56. The summed E-state index contributed by atoms with van der Waals surface area (Å²) in [6.45, 7) is 14.3. The van der Waals surface area contributed by atoms with E-state index in [1.807, 2.05) is 30.3 Å². The topological polar surface area (TPSA) is 48.0 Å². The first kappa shape index (κ1) is 21.8. The van der Waals surface area contributed by atoms with Crippen molar-refractivity contribution < 1.29 is 18.7 Å². The average Bonchev–Trinajstić information content (AvgIpc) is 3.08. The molecule has 0 aromatic heterocycles. The monoisotopic (exact) mass is 469 g/mol. The molecule has 1 amide bonds. The Morgan fingerprint density at radius 2 is 1.93 bits per heavy atom. The number of nitrogens with zero attached hydrogens (tertiary/aromatic N) is 1. The van der Waals surface area contributed by atoms with Crippen LogP contribution in [0.15, 0.2) is 30.3 Å². The molecule has 0 spiro atoms. The first-order valence-electron chi connectivity index (χ1n) is 9.96.